The van der Waals surface area contributed by atoms with Crippen molar-refractivity contribution in [3.8, 4) is 28.4 Å². The van der Waals surface area contributed by atoms with E-state index in [1.165, 1.54) is 4.68 Å². The minimum Gasteiger partial charge on any atom is -0.508 e. The van der Waals surface area contributed by atoms with Gasteiger partial charge >= 0.3 is 0 Å². The van der Waals surface area contributed by atoms with Gasteiger partial charge in [0.25, 0.3) is 5.91 Å². The standard InChI is InChI=1S/C25H31N5O4/c1-16-8-9-19(31)17(2)23(16)30-24(26)21(25(27)32)22(28-30)18-6-3-4-7-20(18)34-13-5-10-29-11-14-33-15-12-29/h3-4,6-9,31H,5,10-15,26H2,1-2H3,(H2,27,32). The zero-order valence-corrected chi connectivity index (χ0v) is 19.6. The number of hydrogen-bond donors (Lipinski definition) is 3. The first kappa shape index (κ1) is 23.6. The van der Waals surface area contributed by atoms with Crippen LogP contribution in [0.4, 0.5) is 5.82 Å². The quantitative estimate of drug-likeness (QED) is 0.436. The Bertz CT molecular complexity index is 1180. The number of ether oxygens (including phenoxy) is 2. The molecular formula is C25H31N5O4. The molecule has 2 aromatic carbocycles. The third-order valence-corrected chi connectivity index (χ3v) is 6.11. The Kier molecular flexibility index (Phi) is 7.04. The molecule has 1 aromatic heterocycles. The highest BCUT2D eigenvalue weighted by Gasteiger charge is 2.26. The van der Waals surface area contributed by atoms with Crippen LogP contribution in [-0.4, -0.2) is 65.1 Å². The Labute approximate surface area is 198 Å². The molecule has 0 bridgehead atoms. The molecule has 5 N–H and O–H groups in total. The Morgan fingerprint density at radius 3 is 2.65 bits per heavy atom. The maximum absolute atomic E-state index is 12.4. The molecule has 0 saturated carbocycles. The monoisotopic (exact) mass is 465 g/mol. The molecular weight excluding hydrogens is 434 g/mol. The summed E-state index contributed by atoms with van der Waals surface area (Å²) >= 11 is 0. The summed E-state index contributed by atoms with van der Waals surface area (Å²) in [4.78, 5) is 14.8. The number of aromatic hydroxyl groups is 1. The molecule has 0 radical (unpaired) electrons. The number of nitrogens with zero attached hydrogens (tertiary/aromatic N) is 3. The van der Waals surface area contributed by atoms with Crippen molar-refractivity contribution in [3.63, 3.8) is 0 Å². The minimum atomic E-state index is -0.684. The van der Waals surface area contributed by atoms with E-state index in [1.807, 2.05) is 31.2 Å². The Morgan fingerprint density at radius 2 is 1.91 bits per heavy atom. The maximum atomic E-state index is 12.4. The Balaban J connectivity index is 1.65. The zero-order chi connectivity index (χ0) is 24.2. The number of para-hydroxylation sites is 1. The number of morpholine rings is 1. The van der Waals surface area contributed by atoms with Crippen LogP contribution in [0.25, 0.3) is 16.9 Å². The Morgan fingerprint density at radius 1 is 1.18 bits per heavy atom. The van der Waals surface area contributed by atoms with Crippen LogP contribution >= 0.6 is 0 Å². The number of carbonyl (C=O) groups is 1. The van der Waals surface area contributed by atoms with Crippen LogP contribution in [0.15, 0.2) is 36.4 Å². The van der Waals surface area contributed by atoms with Gasteiger partial charge in [0.15, 0.2) is 0 Å². The molecule has 9 nitrogen and oxygen atoms in total. The molecule has 4 rings (SSSR count). The first-order chi connectivity index (χ1) is 16.4. The van der Waals surface area contributed by atoms with Gasteiger partial charge < -0.3 is 26.0 Å². The number of anilines is 1. The van der Waals surface area contributed by atoms with Gasteiger partial charge in [-0.1, -0.05) is 18.2 Å². The van der Waals surface area contributed by atoms with Gasteiger partial charge in [0.2, 0.25) is 0 Å². The van der Waals surface area contributed by atoms with Crippen LogP contribution in [0.5, 0.6) is 11.5 Å². The third kappa shape index (κ3) is 4.71. The van der Waals surface area contributed by atoms with Crippen molar-refractivity contribution in [3.05, 3.63) is 53.1 Å². The smallest absolute Gasteiger partial charge is 0.254 e. The van der Waals surface area contributed by atoms with Crippen molar-refractivity contribution < 1.29 is 19.4 Å². The number of amides is 1. The number of phenols is 1. The van der Waals surface area contributed by atoms with Gasteiger partial charge in [-0.2, -0.15) is 5.10 Å². The summed E-state index contributed by atoms with van der Waals surface area (Å²) in [6.07, 6.45) is 0.856. The van der Waals surface area contributed by atoms with Crippen LogP contribution in [0, 0.1) is 13.8 Å². The molecule has 9 heteroatoms. The zero-order valence-electron chi connectivity index (χ0n) is 19.6. The van der Waals surface area contributed by atoms with E-state index in [1.54, 1.807) is 19.1 Å². The molecule has 0 aliphatic carbocycles. The molecule has 2 heterocycles. The van der Waals surface area contributed by atoms with Gasteiger partial charge in [0.1, 0.15) is 28.6 Å². The van der Waals surface area contributed by atoms with E-state index in [-0.39, 0.29) is 17.1 Å². The lowest BCUT2D eigenvalue weighted by Crippen LogP contribution is -2.37. The van der Waals surface area contributed by atoms with Crippen molar-refractivity contribution in [2.75, 3.05) is 45.2 Å². The van der Waals surface area contributed by atoms with E-state index in [0.717, 1.165) is 44.8 Å². The number of primary amides is 1. The predicted octanol–water partition coefficient (Wildman–Crippen LogP) is 2.64. The molecule has 0 spiro atoms. The lowest BCUT2D eigenvalue weighted by atomic mass is 10.1. The highest BCUT2D eigenvalue weighted by atomic mass is 16.5. The van der Waals surface area contributed by atoms with Crippen molar-refractivity contribution in [2.45, 2.75) is 20.3 Å². The number of aryl methyl sites for hydroxylation is 1. The SMILES string of the molecule is Cc1ccc(O)c(C)c1-n1nc(-c2ccccc2OCCCN2CCOCC2)c(C(N)=O)c1N. The molecule has 1 aliphatic heterocycles. The van der Waals surface area contributed by atoms with E-state index in [0.29, 0.717) is 34.9 Å². The average molecular weight is 466 g/mol. The highest BCUT2D eigenvalue weighted by Crippen LogP contribution is 2.37. The van der Waals surface area contributed by atoms with E-state index in [2.05, 4.69) is 10.00 Å². The number of carbonyl (C=O) groups excluding carboxylic acids is 1. The maximum Gasteiger partial charge on any atom is 0.254 e. The largest absolute Gasteiger partial charge is 0.508 e. The van der Waals surface area contributed by atoms with E-state index in [4.69, 9.17) is 20.9 Å². The minimum absolute atomic E-state index is 0.112. The molecule has 3 aromatic rings. The van der Waals surface area contributed by atoms with E-state index in [9.17, 15) is 9.90 Å². The van der Waals surface area contributed by atoms with Gasteiger partial charge in [-0.05, 0) is 44.0 Å². The van der Waals surface area contributed by atoms with E-state index >= 15 is 0 Å². The lowest BCUT2D eigenvalue weighted by Gasteiger charge is -2.26. The summed E-state index contributed by atoms with van der Waals surface area (Å²) in [5.41, 5.74) is 15.2. The van der Waals surface area contributed by atoms with Gasteiger partial charge in [-0.3, -0.25) is 9.69 Å². The lowest BCUT2D eigenvalue weighted by molar-refractivity contribution is 0.0358. The number of aromatic nitrogens is 2. The summed E-state index contributed by atoms with van der Waals surface area (Å²) < 4.78 is 13.0. The van der Waals surface area contributed by atoms with Crippen molar-refractivity contribution in [2.24, 2.45) is 5.73 Å². The third-order valence-electron chi connectivity index (χ3n) is 6.11. The van der Waals surface area contributed by atoms with Gasteiger partial charge in [0, 0.05) is 30.8 Å². The van der Waals surface area contributed by atoms with Crippen molar-refractivity contribution in [1.82, 2.24) is 14.7 Å². The molecule has 1 saturated heterocycles. The summed E-state index contributed by atoms with van der Waals surface area (Å²) in [5.74, 6) is 0.139. The fourth-order valence-electron chi connectivity index (χ4n) is 4.27. The topological polar surface area (TPSA) is 129 Å². The molecule has 180 valence electrons. The second-order valence-electron chi connectivity index (χ2n) is 8.41. The fourth-order valence-corrected chi connectivity index (χ4v) is 4.27. The van der Waals surface area contributed by atoms with E-state index < -0.39 is 5.91 Å². The van der Waals surface area contributed by atoms with Gasteiger partial charge in [0.05, 0.1) is 25.5 Å². The second-order valence-corrected chi connectivity index (χ2v) is 8.41. The van der Waals surface area contributed by atoms with Crippen LogP contribution < -0.4 is 16.2 Å². The number of nitrogen functional groups attached to an aromatic ring is 1. The van der Waals surface area contributed by atoms with Gasteiger partial charge in [-0.15, -0.1) is 0 Å². The first-order valence-electron chi connectivity index (χ1n) is 11.4. The van der Waals surface area contributed by atoms with Crippen LogP contribution in [-0.2, 0) is 4.74 Å². The number of phenolic OH excluding ortho intramolecular Hbond substituents is 1. The predicted molar refractivity (Wildman–Crippen MR) is 130 cm³/mol. The summed E-state index contributed by atoms with van der Waals surface area (Å²) in [5, 5.41) is 14.9. The van der Waals surface area contributed by atoms with Crippen LogP contribution in [0.2, 0.25) is 0 Å². The second kappa shape index (κ2) is 10.1. The number of nitrogens with two attached hydrogens (primary N) is 2. The highest BCUT2D eigenvalue weighted by molar-refractivity contribution is 6.04. The number of hydrogen-bond acceptors (Lipinski definition) is 7. The normalized spacial score (nSPS) is 14.3. The number of benzene rings is 2. The molecule has 34 heavy (non-hydrogen) atoms. The molecule has 1 aliphatic rings. The van der Waals surface area contributed by atoms with Crippen molar-refractivity contribution >= 4 is 11.7 Å². The molecule has 0 atom stereocenters. The summed E-state index contributed by atoms with van der Waals surface area (Å²) in [6.45, 7) is 8.50. The number of rotatable bonds is 8. The molecule has 1 amide bonds. The summed E-state index contributed by atoms with van der Waals surface area (Å²) in [7, 11) is 0. The molecule has 1 fully saturated rings. The average Bonchev–Trinajstić information content (AvgIpc) is 3.17. The van der Waals surface area contributed by atoms with Crippen LogP contribution in [0.1, 0.15) is 27.9 Å². The van der Waals surface area contributed by atoms with Crippen molar-refractivity contribution in [1.29, 1.82) is 0 Å². The Hall–Kier alpha value is -3.56. The van der Waals surface area contributed by atoms with Gasteiger partial charge in [-0.25, -0.2) is 4.68 Å². The summed E-state index contributed by atoms with van der Waals surface area (Å²) in [6, 6.07) is 10.8. The molecule has 0 unspecified atom stereocenters. The van der Waals surface area contributed by atoms with Crippen LogP contribution in [0.3, 0.4) is 0 Å². The first-order valence-corrected chi connectivity index (χ1v) is 11.4. The fraction of sp³-hybridized carbons (Fsp3) is 0.360.